The number of nitrogens with zero attached hydrogens (tertiary/aromatic N) is 3. The first-order chi connectivity index (χ1) is 13.3. The highest BCUT2D eigenvalue weighted by atomic mass is 35.5. The van der Waals surface area contributed by atoms with Gasteiger partial charge in [-0.25, -0.2) is 13.4 Å². The Morgan fingerprint density at radius 3 is 2.71 bits per heavy atom. The van der Waals surface area contributed by atoms with E-state index < -0.39 is 10.0 Å². The maximum absolute atomic E-state index is 12.8. The standard InChI is InChI=1S/C18H20Cl2N4O3S/c1-23-9-17(21-10-23)28(26,27)24-7-11-2-5-16(14(11)8-24)22-18(25)13-4-3-12(19)6-15(13)20/h3-4,6,9-11,14,16H,2,5,7-8H2,1H3,(H,22,25)/t11-,14+,16-/m0/s1. The van der Waals surface area contributed by atoms with Crippen LogP contribution in [-0.4, -0.2) is 47.3 Å². The van der Waals surface area contributed by atoms with Crippen molar-refractivity contribution in [1.82, 2.24) is 19.2 Å². The van der Waals surface area contributed by atoms with E-state index in [1.54, 1.807) is 23.7 Å². The molecule has 1 aliphatic carbocycles. The van der Waals surface area contributed by atoms with Crippen LogP contribution in [0, 0.1) is 11.8 Å². The lowest BCUT2D eigenvalue weighted by Crippen LogP contribution is -2.40. The summed E-state index contributed by atoms with van der Waals surface area (Å²) in [5, 5.41) is 3.86. The van der Waals surface area contributed by atoms with Gasteiger partial charge in [-0.2, -0.15) is 4.31 Å². The fourth-order valence-corrected chi connectivity index (χ4v) is 6.17. The first kappa shape index (κ1) is 19.7. The summed E-state index contributed by atoms with van der Waals surface area (Å²) in [5.74, 6) is 0.0383. The first-order valence-electron chi connectivity index (χ1n) is 9.00. The molecule has 7 nitrogen and oxygen atoms in total. The Labute approximate surface area is 173 Å². The molecule has 2 aliphatic rings. The molecule has 150 valence electrons. The number of sulfonamides is 1. The van der Waals surface area contributed by atoms with E-state index in [0.717, 1.165) is 12.8 Å². The zero-order valence-electron chi connectivity index (χ0n) is 15.2. The quantitative estimate of drug-likeness (QED) is 0.788. The van der Waals surface area contributed by atoms with E-state index in [1.807, 2.05) is 0 Å². The average molecular weight is 443 g/mol. The number of nitrogens with one attached hydrogen (secondary N) is 1. The van der Waals surface area contributed by atoms with Crippen molar-refractivity contribution in [1.29, 1.82) is 0 Å². The van der Waals surface area contributed by atoms with Gasteiger partial charge in [0.25, 0.3) is 15.9 Å². The molecular formula is C18H20Cl2N4O3S. The van der Waals surface area contributed by atoms with Gasteiger partial charge >= 0.3 is 0 Å². The topological polar surface area (TPSA) is 84.3 Å². The Bertz CT molecular complexity index is 1020. The molecule has 3 atom stereocenters. The number of benzene rings is 1. The third kappa shape index (κ3) is 3.54. The van der Waals surface area contributed by atoms with Crippen molar-refractivity contribution < 1.29 is 13.2 Å². The van der Waals surface area contributed by atoms with Gasteiger partial charge in [0, 0.05) is 37.4 Å². The lowest BCUT2D eigenvalue weighted by molar-refractivity contribution is 0.0927. The second kappa shape index (κ2) is 7.33. The number of hydrogen-bond donors (Lipinski definition) is 1. The summed E-state index contributed by atoms with van der Waals surface area (Å²) in [4.78, 5) is 16.6. The van der Waals surface area contributed by atoms with Gasteiger partial charge in [0.15, 0.2) is 5.03 Å². The molecule has 1 aromatic carbocycles. The third-order valence-electron chi connectivity index (χ3n) is 5.60. The van der Waals surface area contributed by atoms with Crippen molar-refractivity contribution in [2.75, 3.05) is 13.1 Å². The average Bonchev–Trinajstić information content (AvgIpc) is 3.32. The monoisotopic (exact) mass is 442 g/mol. The zero-order valence-corrected chi connectivity index (χ0v) is 17.5. The van der Waals surface area contributed by atoms with E-state index in [-0.39, 0.29) is 28.8 Å². The van der Waals surface area contributed by atoms with E-state index >= 15 is 0 Å². The number of hydrogen-bond acceptors (Lipinski definition) is 4. The van der Waals surface area contributed by atoms with E-state index in [0.29, 0.717) is 28.7 Å². The Balaban J connectivity index is 1.47. The molecule has 0 unspecified atom stereocenters. The van der Waals surface area contributed by atoms with Crippen LogP contribution in [-0.2, 0) is 17.1 Å². The van der Waals surface area contributed by atoms with E-state index in [4.69, 9.17) is 23.2 Å². The van der Waals surface area contributed by atoms with Crippen LogP contribution in [0.15, 0.2) is 35.7 Å². The van der Waals surface area contributed by atoms with Crippen molar-refractivity contribution in [2.24, 2.45) is 18.9 Å². The van der Waals surface area contributed by atoms with Crippen LogP contribution in [0.5, 0.6) is 0 Å². The summed E-state index contributed by atoms with van der Waals surface area (Å²) in [6, 6.07) is 4.66. The molecule has 1 aliphatic heterocycles. The Hall–Kier alpha value is -1.61. The fourth-order valence-electron chi connectivity index (χ4n) is 4.17. The molecular weight excluding hydrogens is 423 g/mol. The van der Waals surface area contributed by atoms with Crippen molar-refractivity contribution >= 4 is 39.1 Å². The number of imidazole rings is 1. The molecule has 28 heavy (non-hydrogen) atoms. The Morgan fingerprint density at radius 2 is 2.04 bits per heavy atom. The lowest BCUT2D eigenvalue weighted by Gasteiger charge is -2.21. The maximum atomic E-state index is 12.8. The van der Waals surface area contributed by atoms with E-state index in [9.17, 15) is 13.2 Å². The smallest absolute Gasteiger partial charge is 0.262 e. The van der Waals surface area contributed by atoms with Gasteiger partial charge in [-0.15, -0.1) is 0 Å². The second-order valence-electron chi connectivity index (χ2n) is 7.40. The number of amides is 1. The minimum atomic E-state index is -3.62. The van der Waals surface area contributed by atoms with Gasteiger partial charge in [0.2, 0.25) is 0 Å². The molecule has 4 rings (SSSR count). The molecule has 1 aromatic heterocycles. The van der Waals surface area contributed by atoms with Crippen LogP contribution in [0.25, 0.3) is 0 Å². The first-order valence-corrected chi connectivity index (χ1v) is 11.2. The van der Waals surface area contributed by atoms with E-state index in [1.165, 1.54) is 22.9 Å². The molecule has 0 radical (unpaired) electrons. The Morgan fingerprint density at radius 1 is 1.25 bits per heavy atom. The van der Waals surface area contributed by atoms with Crippen LogP contribution < -0.4 is 5.32 Å². The number of halogens is 2. The maximum Gasteiger partial charge on any atom is 0.262 e. The summed E-state index contributed by atoms with van der Waals surface area (Å²) in [6.07, 6.45) is 4.68. The second-order valence-corrected chi connectivity index (χ2v) is 10.1. The summed E-state index contributed by atoms with van der Waals surface area (Å²) < 4.78 is 28.8. The summed E-state index contributed by atoms with van der Waals surface area (Å²) in [5.41, 5.74) is 0.366. The van der Waals surface area contributed by atoms with Gasteiger partial charge < -0.3 is 9.88 Å². The predicted octanol–water partition coefficient (Wildman–Crippen LogP) is 2.56. The molecule has 1 amide bonds. The minimum absolute atomic E-state index is 0.0588. The number of carbonyl (C=O) groups excluding carboxylic acids is 1. The highest BCUT2D eigenvalue weighted by molar-refractivity contribution is 7.89. The third-order valence-corrected chi connectivity index (χ3v) is 7.87. The normalized spacial score (nSPS) is 25.0. The molecule has 1 saturated carbocycles. The Kier molecular flexibility index (Phi) is 5.16. The van der Waals surface area contributed by atoms with Crippen LogP contribution in [0.1, 0.15) is 23.2 Å². The van der Waals surface area contributed by atoms with Gasteiger partial charge in [0.1, 0.15) is 0 Å². The number of carbonyl (C=O) groups is 1. The van der Waals surface area contributed by atoms with Crippen molar-refractivity contribution in [2.45, 2.75) is 23.9 Å². The predicted molar refractivity (Wildman–Crippen MR) is 106 cm³/mol. The van der Waals surface area contributed by atoms with Crippen molar-refractivity contribution in [3.8, 4) is 0 Å². The number of aryl methyl sites for hydroxylation is 1. The molecule has 2 heterocycles. The molecule has 1 saturated heterocycles. The van der Waals surface area contributed by atoms with Crippen LogP contribution >= 0.6 is 23.2 Å². The zero-order chi connectivity index (χ0) is 20.1. The summed E-state index contributed by atoms with van der Waals surface area (Å²) in [7, 11) is -1.89. The largest absolute Gasteiger partial charge is 0.349 e. The van der Waals surface area contributed by atoms with Crippen LogP contribution in [0.2, 0.25) is 10.0 Å². The van der Waals surface area contributed by atoms with Gasteiger partial charge in [-0.05, 0) is 42.9 Å². The van der Waals surface area contributed by atoms with Gasteiger partial charge in [0.05, 0.1) is 16.9 Å². The summed E-state index contributed by atoms with van der Waals surface area (Å²) >= 11 is 12.0. The van der Waals surface area contributed by atoms with Crippen molar-refractivity contribution in [3.63, 3.8) is 0 Å². The molecule has 1 N–H and O–H groups in total. The highest BCUT2D eigenvalue weighted by Gasteiger charge is 2.47. The van der Waals surface area contributed by atoms with Crippen LogP contribution in [0.3, 0.4) is 0 Å². The molecule has 0 spiro atoms. The lowest BCUT2D eigenvalue weighted by atomic mass is 9.97. The molecule has 0 bridgehead atoms. The summed E-state index contributed by atoms with van der Waals surface area (Å²) in [6.45, 7) is 0.834. The van der Waals surface area contributed by atoms with Crippen LogP contribution in [0.4, 0.5) is 0 Å². The molecule has 10 heteroatoms. The van der Waals surface area contributed by atoms with Gasteiger partial charge in [-0.3, -0.25) is 4.79 Å². The minimum Gasteiger partial charge on any atom is -0.349 e. The number of aromatic nitrogens is 2. The van der Waals surface area contributed by atoms with Crippen molar-refractivity contribution in [3.05, 3.63) is 46.3 Å². The fraction of sp³-hybridized carbons (Fsp3) is 0.444. The number of fused-ring (bicyclic) bond motifs is 1. The van der Waals surface area contributed by atoms with E-state index in [2.05, 4.69) is 10.3 Å². The molecule has 2 fully saturated rings. The highest BCUT2D eigenvalue weighted by Crippen LogP contribution is 2.40. The number of rotatable bonds is 4. The SMILES string of the molecule is Cn1cnc(S(=O)(=O)N2C[C@@H]3CC[C@H](NC(=O)c4ccc(Cl)cc4Cl)[C@@H]3C2)c1. The molecule has 2 aromatic rings. The van der Waals surface area contributed by atoms with Gasteiger partial charge in [-0.1, -0.05) is 23.2 Å².